The monoisotopic (exact) mass is 327 g/mol. The van der Waals surface area contributed by atoms with Gasteiger partial charge in [-0.2, -0.15) is 11.3 Å². The van der Waals surface area contributed by atoms with Crippen LogP contribution >= 0.6 is 11.3 Å². The number of nitrogens with one attached hydrogen (secondary N) is 1. The predicted octanol–water partition coefficient (Wildman–Crippen LogP) is 2.13. The Morgan fingerprint density at radius 3 is 3.00 bits per heavy atom. The van der Waals surface area contributed by atoms with E-state index in [1.54, 1.807) is 17.4 Å². The second kappa shape index (κ2) is 6.75. The van der Waals surface area contributed by atoms with Gasteiger partial charge in [-0.25, -0.2) is 4.98 Å². The summed E-state index contributed by atoms with van der Waals surface area (Å²) in [6, 6.07) is 7.52. The zero-order valence-electron chi connectivity index (χ0n) is 12.8. The Bertz CT molecular complexity index is 884. The molecule has 1 amide bonds. The van der Waals surface area contributed by atoms with Gasteiger partial charge >= 0.3 is 0 Å². The zero-order chi connectivity index (χ0) is 16.2. The highest BCUT2D eigenvalue weighted by Crippen LogP contribution is 2.11. The number of rotatable bonds is 5. The lowest BCUT2D eigenvalue weighted by Crippen LogP contribution is -2.33. The minimum atomic E-state index is -0.188. The molecule has 2 aromatic heterocycles. The number of fused-ring (bicyclic) bond motifs is 1. The Labute approximate surface area is 137 Å². The van der Waals surface area contributed by atoms with Crippen LogP contribution in [0.2, 0.25) is 0 Å². The highest BCUT2D eigenvalue weighted by molar-refractivity contribution is 7.07. The molecule has 6 heteroatoms. The molecule has 5 nitrogen and oxygen atoms in total. The van der Waals surface area contributed by atoms with E-state index in [4.69, 9.17) is 0 Å². The molecule has 23 heavy (non-hydrogen) atoms. The van der Waals surface area contributed by atoms with Crippen molar-refractivity contribution >= 4 is 28.1 Å². The summed E-state index contributed by atoms with van der Waals surface area (Å²) in [5.74, 6) is -0.184. The molecule has 0 unspecified atom stereocenters. The van der Waals surface area contributed by atoms with E-state index in [0.717, 1.165) is 12.0 Å². The van der Waals surface area contributed by atoms with Crippen molar-refractivity contribution in [2.75, 3.05) is 6.54 Å². The fourth-order valence-corrected chi connectivity index (χ4v) is 3.15. The van der Waals surface area contributed by atoms with Crippen molar-refractivity contribution in [1.29, 1.82) is 0 Å². The summed E-state index contributed by atoms with van der Waals surface area (Å²) in [5, 5.41) is 7.45. The summed E-state index contributed by atoms with van der Waals surface area (Å²) in [5.41, 5.74) is 2.65. The fraction of sp³-hybridized carbons (Fsp3) is 0.235. The molecule has 118 valence electrons. The number of carbonyl (C=O) groups is 1. The first-order valence-corrected chi connectivity index (χ1v) is 8.32. The number of hydrogen-bond acceptors (Lipinski definition) is 4. The van der Waals surface area contributed by atoms with Crippen LogP contribution < -0.4 is 10.9 Å². The Hall–Kier alpha value is -2.47. The summed E-state index contributed by atoms with van der Waals surface area (Å²) < 4.78 is 1.35. The highest BCUT2D eigenvalue weighted by Gasteiger charge is 2.09. The van der Waals surface area contributed by atoms with Gasteiger partial charge < -0.3 is 5.32 Å². The van der Waals surface area contributed by atoms with Crippen LogP contribution in [0.4, 0.5) is 0 Å². The topological polar surface area (TPSA) is 64.0 Å². The highest BCUT2D eigenvalue weighted by atomic mass is 32.1. The molecule has 0 radical (unpaired) electrons. The molecule has 0 saturated heterocycles. The van der Waals surface area contributed by atoms with E-state index in [-0.39, 0.29) is 18.0 Å². The summed E-state index contributed by atoms with van der Waals surface area (Å²) in [6.07, 6.45) is 2.23. The molecular formula is C17H17N3O2S. The molecule has 0 aliphatic heterocycles. The molecule has 1 aromatic carbocycles. The maximum absolute atomic E-state index is 12.4. The summed E-state index contributed by atoms with van der Waals surface area (Å²) in [6.45, 7) is 2.46. The van der Waals surface area contributed by atoms with E-state index in [0.29, 0.717) is 17.4 Å². The lowest BCUT2D eigenvalue weighted by Gasteiger charge is -2.08. The van der Waals surface area contributed by atoms with E-state index >= 15 is 0 Å². The SMILES string of the molecule is Cc1cccc2c(=O)n(CC(=O)NCCc3ccsc3)cnc12. The number of para-hydroxylation sites is 1. The molecular weight excluding hydrogens is 310 g/mol. The molecule has 0 aliphatic carbocycles. The fourth-order valence-electron chi connectivity index (χ4n) is 2.44. The first kappa shape index (κ1) is 15.4. The normalized spacial score (nSPS) is 10.8. The third kappa shape index (κ3) is 3.48. The summed E-state index contributed by atoms with van der Waals surface area (Å²) >= 11 is 1.64. The van der Waals surface area contributed by atoms with Crippen LogP contribution in [0.1, 0.15) is 11.1 Å². The molecule has 0 spiro atoms. The Morgan fingerprint density at radius 1 is 1.35 bits per heavy atom. The number of hydrogen-bond donors (Lipinski definition) is 1. The van der Waals surface area contributed by atoms with E-state index in [1.807, 2.05) is 30.5 Å². The van der Waals surface area contributed by atoms with Gasteiger partial charge in [-0.15, -0.1) is 0 Å². The van der Waals surface area contributed by atoms with Crippen molar-refractivity contribution in [2.45, 2.75) is 19.9 Å². The molecule has 0 atom stereocenters. The van der Waals surface area contributed by atoms with Gasteiger partial charge in [-0.1, -0.05) is 12.1 Å². The van der Waals surface area contributed by atoms with Crippen LogP contribution in [0, 0.1) is 6.92 Å². The maximum atomic E-state index is 12.4. The largest absolute Gasteiger partial charge is 0.354 e. The van der Waals surface area contributed by atoms with E-state index < -0.39 is 0 Å². The van der Waals surface area contributed by atoms with E-state index in [9.17, 15) is 9.59 Å². The number of nitrogens with zero attached hydrogens (tertiary/aromatic N) is 2. The Morgan fingerprint density at radius 2 is 2.22 bits per heavy atom. The van der Waals surface area contributed by atoms with Crippen LogP contribution in [0.5, 0.6) is 0 Å². The van der Waals surface area contributed by atoms with Gasteiger partial charge in [0.15, 0.2) is 0 Å². The van der Waals surface area contributed by atoms with Crippen molar-refractivity contribution in [3.63, 3.8) is 0 Å². The second-order valence-electron chi connectivity index (χ2n) is 5.38. The zero-order valence-corrected chi connectivity index (χ0v) is 13.6. The number of benzene rings is 1. The number of aromatic nitrogens is 2. The van der Waals surface area contributed by atoms with Gasteiger partial charge in [-0.3, -0.25) is 14.2 Å². The van der Waals surface area contributed by atoms with Crippen LogP contribution in [0.3, 0.4) is 0 Å². The smallest absolute Gasteiger partial charge is 0.261 e. The van der Waals surface area contributed by atoms with Crippen molar-refractivity contribution < 1.29 is 4.79 Å². The first-order valence-electron chi connectivity index (χ1n) is 7.37. The molecule has 3 aromatic rings. The molecule has 0 saturated carbocycles. The number of aryl methyl sites for hydroxylation is 1. The van der Waals surface area contributed by atoms with Gasteiger partial charge in [0.1, 0.15) is 6.54 Å². The quantitative estimate of drug-likeness (QED) is 0.781. The summed E-state index contributed by atoms with van der Waals surface area (Å²) in [7, 11) is 0. The lowest BCUT2D eigenvalue weighted by molar-refractivity contribution is -0.121. The number of thiophene rings is 1. The van der Waals surface area contributed by atoms with Gasteiger partial charge in [0.2, 0.25) is 5.91 Å². The molecule has 0 fully saturated rings. The van der Waals surface area contributed by atoms with Crippen LogP contribution in [0.25, 0.3) is 10.9 Å². The Kier molecular flexibility index (Phi) is 4.52. The van der Waals surface area contributed by atoms with Crippen molar-refractivity contribution in [3.8, 4) is 0 Å². The molecule has 3 rings (SSSR count). The maximum Gasteiger partial charge on any atom is 0.261 e. The van der Waals surface area contributed by atoms with Crippen LogP contribution in [-0.2, 0) is 17.8 Å². The Balaban J connectivity index is 1.68. The third-order valence-electron chi connectivity index (χ3n) is 3.69. The predicted molar refractivity (Wildman–Crippen MR) is 91.8 cm³/mol. The van der Waals surface area contributed by atoms with Gasteiger partial charge in [0.25, 0.3) is 5.56 Å². The average Bonchev–Trinajstić information content (AvgIpc) is 3.04. The minimum absolute atomic E-state index is 0.0145. The van der Waals surface area contributed by atoms with Crippen LogP contribution in [-0.4, -0.2) is 22.0 Å². The number of amides is 1. The number of carbonyl (C=O) groups excluding carboxylic acids is 1. The van der Waals surface area contributed by atoms with E-state index in [1.165, 1.54) is 16.5 Å². The second-order valence-corrected chi connectivity index (χ2v) is 6.16. The molecule has 2 heterocycles. The minimum Gasteiger partial charge on any atom is -0.354 e. The molecule has 1 N–H and O–H groups in total. The van der Waals surface area contributed by atoms with E-state index in [2.05, 4.69) is 15.7 Å². The first-order chi connectivity index (χ1) is 11.1. The lowest BCUT2D eigenvalue weighted by atomic mass is 10.1. The average molecular weight is 327 g/mol. The summed E-state index contributed by atoms with van der Waals surface area (Å²) in [4.78, 5) is 28.7. The molecule has 0 bridgehead atoms. The van der Waals surface area contributed by atoms with Gasteiger partial charge in [0.05, 0.1) is 17.2 Å². The standard InChI is InChI=1S/C17H17N3O2S/c1-12-3-2-4-14-16(12)19-11-20(17(14)22)9-15(21)18-7-5-13-6-8-23-10-13/h2-4,6,8,10-11H,5,7,9H2,1H3,(H,18,21). The van der Waals surface area contributed by atoms with Crippen molar-refractivity contribution in [1.82, 2.24) is 14.9 Å². The third-order valence-corrected chi connectivity index (χ3v) is 4.42. The van der Waals surface area contributed by atoms with Gasteiger partial charge in [-0.05, 0) is 47.4 Å². The van der Waals surface area contributed by atoms with Gasteiger partial charge in [0, 0.05) is 6.54 Å². The molecule has 0 aliphatic rings. The van der Waals surface area contributed by atoms with Crippen molar-refractivity contribution in [2.24, 2.45) is 0 Å². The van der Waals surface area contributed by atoms with Crippen LogP contribution in [0.15, 0.2) is 46.1 Å². The van der Waals surface area contributed by atoms with Crippen molar-refractivity contribution in [3.05, 3.63) is 62.8 Å².